The summed E-state index contributed by atoms with van der Waals surface area (Å²) in [4.78, 5) is 6.51. The number of aromatic nitrogens is 2. The van der Waals surface area contributed by atoms with Gasteiger partial charge in [-0.3, -0.25) is 4.90 Å². The van der Waals surface area contributed by atoms with Crippen molar-refractivity contribution in [3.8, 4) is 0 Å². The third-order valence-corrected chi connectivity index (χ3v) is 4.25. The molecule has 0 bridgehead atoms. The van der Waals surface area contributed by atoms with Crippen LogP contribution < -0.4 is 0 Å². The number of nitrogens with zero attached hydrogens (tertiary/aromatic N) is 3. The normalized spacial score (nSPS) is 24.6. The molecule has 1 N–H and O–H groups in total. The second-order valence-electron chi connectivity index (χ2n) is 4.35. The van der Waals surface area contributed by atoms with Crippen LogP contribution in [0.15, 0.2) is 12.4 Å². The van der Waals surface area contributed by atoms with Gasteiger partial charge >= 0.3 is 0 Å². The highest BCUT2D eigenvalue weighted by molar-refractivity contribution is 7.99. The fourth-order valence-corrected chi connectivity index (χ4v) is 3.33. The van der Waals surface area contributed by atoms with E-state index in [0.29, 0.717) is 6.42 Å². The third-order valence-electron chi connectivity index (χ3n) is 3.20. The predicted molar refractivity (Wildman–Crippen MR) is 66.7 cm³/mol. The summed E-state index contributed by atoms with van der Waals surface area (Å²) < 4.78 is 1.97. The van der Waals surface area contributed by atoms with E-state index in [2.05, 4.69) is 16.9 Å². The monoisotopic (exact) mass is 241 g/mol. The van der Waals surface area contributed by atoms with E-state index >= 15 is 0 Å². The Hall–Kier alpha value is -0.520. The molecule has 1 aromatic rings. The fourth-order valence-electron chi connectivity index (χ4n) is 2.03. The van der Waals surface area contributed by atoms with E-state index in [4.69, 9.17) is 0 Å². The molecule has 2 unspecified atom stereocenters. The highest BCUT2D eigenvalue weighted by Crippen LogP contribution is 2.19. The predicted octanol–water partition coefficient (Wildman–Crippen LogP) is 0.371. The largest absolute Gasteiger partial charge is 0.391 e. The van der Waals surface area contributed by atoms with Crippen LogP contribution in [0.3, 0.4) is 0 Å². The Morgan fingerprint density at radius 1 is 1.62 bits per heavy atom. The molecule has 4 nitrogen and oxygen atoms in total. The van der Waals surface area contributed by atoms with Crippen LogP contribution in [-0.2, 0) is 13.5 Å². The van der Waals surface area contributed by atoms with Gasteiger partial charge in [-0.2, -0.15) is 11.8 Å². The first-order valence-electron chi connectivity index (χ1n) is 5.60. The SMILES string of the molecule is CN1CCSCC1C(O)Cc1nccn1C. The third kappa shape index (κ3) is 2.59. The van der Waals surface area contributed by atoms with E-state index < -0.39 is 0 Å². The molecule has 0 radical (unpaired) electrons. The van der Waals surface area contributed by atoms with Crippen molar-refractivity contribution >= 4 is 11.8 Å². The summed E-state index contributed by atoms with van der Waals surface area (Å²) in [5.74, 6) is 3.14. The summed E-state index contributed by atoms with van der Waals surface area (Å²) in [6.07, 6.45) is 4.01. The van der Waals surface area contributed by atoms with Gasteiger partial charge in [-0.05, 0) is 7.05 Å². The Labute approximate surface area is 101 Å². The van der Waals surface area contributed by atoms with Crippen LogP contribution in [0.2, 0.25) is 0 Å². The van der Waals surface area contributed by atoms with Crippen LogP contribution in [-0.4, -0.2) is 56.8 Å². The lowest BCUT2D eigenvalue weighted by atomic mass is 10.1. The lowest BCUT2D eigenvalue weighted by Crippen LogP contribution is -2.48. The highest BCUT2D eigenvalue weighted by atomic mass is 32.2. The summed E-state index contributed by atoms with van der Waals surface area (Å²) in [7, 11) is 4.06. The average molecular weight is 241 g/mol. The summed E-state index contributed by atoms with van der Waals surface area (Å²) in [6.45, 7) is 1.06. The number of thioether (sulfide) groups is 1. The number of aliphatic hydroxyl groups excluding tert-OH is 1. The number of aliphatic hydroxyl groups is 1. The minimum atomic E-state index is -0.320. The van der Waals surface area contributed by atoms with Crippen LogP contribution in [0.5, 0.6) is 0 Å². The van der Waals surface area contributed by atoms with Crippen LogP contribution in [0, 0.1) is 0 Å². The molecule has 2 atom stereocenters. The molecule has 1 fully saturated rings. The zero-order valence-electron chi connectivity index (χ0n) is 9.83. The van der Waals surface area contributed by atoms with Gasteiger partial charge < -0.3 is 9.67 Å². The Kier molecular flexibility index (Phi) is 3.89. The first-order valence-corrected chi connectivity index (χ1v) is 6.76. The van der Waals surface area contributed by atoms with E-state index in [-0.39, 0.29) is 12.1 Å². The van der Waals surface area contributed by atoms with Gasteiger partial charge in [-0.1, -0.05) is 0 Å². The standard InChI is InChI=1S/C11H19N3OS/c1-13-5-6-16-8-9(13)10(15)7-11-12-3-4-14(11)2/h3-4,9-10,15H,5-8H2,1-2H3. The van der Waals surface area contributed by atoms with Crippen molar-refractivity contribution in [2.45, 2.75) is 18.6 Å². The summed E-state index contributed by atoms with van der Waals surface area (Å²) in [6, 6.07) is 0.260. The number of rotatable bonds is 3. The molecule has 2 heterocycles. The van der Waals surface area contributed by atoms with E-state index in [1.807, 2.05) is 29.6 Å². The minimum absolute atomic E-state index is 0.260. The van der Waals surface area contributed by atoms with Crippen LogP contribution in [0.4, 0.5) is 0 Å². The number of hydrogen-bond acceptors (Lipinski definition) is 4. The van der Waals surface area contributed by atoms with E-state index in [9.17, 15) is 5.11 Å². The minimum Gasteiger partial charge on any atom is -0.391 e. The molecule has 90 valence electrons. The van der Waals surface area contributed by atoms with Crippen molar-refractivity contribution in [2.24, 2.45) is 7.05 Å². The second-order valence-corrected chi connectivity index (χ2v) is 5.50. The molecule has 0 saturated carbocycles. The lowest BCUT2D eigenvalue weighted by molar-refractivity contribution is 0.0743. The molecular formula is C11H19N3OS. The molecule has 1 aromatic heterocycles. The van der Waals surface area contributed by atoms with Gasteiger partial charge in [-0.25, -0.2) is 4.98 Å². The van der Waals surface area contributed by atoms with Gasteiger partial charge in [0.25, 0.3) is 0 Å². The number of imidazole rings is 1. The highest BCUT2D eigenvalue weighted by Gasteiger charge is 2.27. The quantitative estimate of drug-likeness (QED) is 0.830. The van der Waals surface area contributed by atoms with Gasteiger partial charge in [0.2, 0.25) is 0 Å². The maximum atomic E-state index is 10.2. The zero-order chi connectivity index (χ0) is 11.5. The van der Waals surface area contributed by atoms with Crippen molar-refractivity contribution in [1.82, 2.24) is 14.5 Å². The molecule has 0 amide bonds. The Morgan fingerprint density at radius 2 is 2.44 bits per heavy atom. The van der Waals surface area contributed by atoms with Gasteiger partial charge in [0.05, 0.1) is 6.10 Å². The van der Waals surface area contributed by atoms with Crippen molar-refractivity contribution in [3.05, 3.63) is 18.2 Å². The summed E-state index contributed by atoms with van der Waals surface area (Å²) in [5, 5.41) is 10.2. The summed E-state index contributed by atoms with van der Waals surface area (Å²) in [5.41, 5.74) is 0. The molecule has 0 aliphatic carbocycles. The fraction of sp³-hybridized carbons (Fsp3) is 0.727. The molecule has 1 aliphatic heterocycles. The van der Waals surface area contributed by atoms with E-state index in [1.54, 1.807) is 6.20 Å². The molecule has 5 heteroatoms. The maximum absolute atomic E-state index is 10.2. The van der Waals surface area contributed by atoms with Crippen LogP contribution >= 0.6 is 11.8 Å². The zero-order valence-corrected chi connectivity index (χ0v) is 10.7. The molecule has 1 saturated heterocycles. The van der Waals surface area contributed by atoms with Gasteiger partial charge in [0.1, 0.15) is 5.82 Å². The smallest absolute Gasteiger partial charge is 0.111 e. The van der Waals surface area contributed by atoms with Crippen molar-refractivity contribution in [3.63, 3.8) is 0 Å². The van der Waals surface area contributed by atoms with E-state index in [1.165, 1.54) is 5.75 Å². The van der Waals surface area contributed by atoms with Gasteiger partial charge in [-0.15, -0.1) is 0 Å². The topological polar surface area (TPSA) is 41.3 Å². The van der Waals surface area contributed by atoms with Crippen molar-refractivity contribution in [2.75, 3.05) is 25.1 Å². The molecular weight excluding hydrogens is 222 g/mol. The molecule has 0 spiro atoms. The van der Waals surface area contributed by atoms with Crippen molar-refractivity contribution < 1.29 is 5.11 Å². The molecule has 0 aromatic carbocycles. The lowest BCUT2D eigenvalue weighted by Gasteiger charge is -2.35. The van der Waals surface area contributed by atoms with E-state index in [0.717, 1.165) is 18.1 Å². The van der Waals surface area contributed by atoms with Gasteiger partial charge in [0, 0.05) is 50.0 Å². The Balaban J connectivity index is 1.96. The number of aryl methyl sites for hydroxylation is 1. The van der Waals surface area contributed by atoms with Crippen LogP contribution in [0.1, 0.15) is 5.82 Å². The van der Waals surface area contributed by atoms with Gasteiger partial charge in [0.15, 0.2) is 0 Å². The second kappa shape index (κ2) is 5.21. The Morgan fingerprint density at radius 3 is 3.06 bits per heavy atom. The first kappa shape index (κ1) is 12.0. The molecule has 2 rings (SSSR count). The average Bonchev–Trinajstić information content (AvgIpc) is 2.65. The maximum Gasteiger partial charge on any atom is 0.111 e. The molecule has 16 heavy (non-hydrogen) atoms. The number of hydrogen-bond donors (Lipinski definition) is 1. The summed E-state index contributed by atoms with van der Waals surface area (Å²) >= 11 is 1.92. The van der Waals surface area contributed by atoms with Crippen LogP contribution in [0.25, 0.3) is 0 Å². The number of likely N-dealkylation sites (N-methyl/N-ethyl adjacent to an activating group) is 1. The van der Waals surface area contributed by atoms with Crippen molar-refractivity contribution in [1.29, 1.82) is 0 Å². The first-order chi connectivity index (χ1) is 7.68. The Bertz CT molecular complexity index is 342. The molecule has 1 aliphatic rings.